The summed E-state index contributed by atoms with van der Waals surface area (Å²) in [5.41, 5.74) is 0. The van der Waals surface area contributed by atoms with Gasteiger partial charge in [-0.05, 0) is 6.42 Å². The lowest BCUT2D eigenvalue weighted by atomic mass is 10.0. The van der Waals surface area contributed by atoms with Crippen molar-refractivity contribution in [3.8, 4) is 0 Å². The van der Waals surface area contributed by atoms with Crippen LogP contribution in [0.25, 0.3) is 0 Å². The van der Waals surface area contributed by atoms with Crippen LogP contribution in [0, 0.1) is 0 Å². The SMILES string of the molecule is CCCCCCCCCCCCCCCCOCCOCCOCCOCCOCCOCCOCCOCCOCCOCCOCC(=O)O. The molecule has 306 valence electrons. The fourth-order valence-electron chi connectivity index (χ4n) is 4.76. The van der Waals surface area contributed by atoms with Gasteiger partial charge in [0.1, 0.15) is 6.61 Å². The Bertz CT molecular complexity index is 645. The summed E-state index contributed by atoms with van der Waals surface area (Å²) >= 11 is 0. The van der Waals surface area contributed by atoms with Gasteiger partial charge in [0, 0.05) is 6.61 Å². The van der Waals surface area contributed by atoms with Crippen molar-refractivity contribution in [1.29, 1.82) is 0 Å². The van der Waals surface area contributed by atoms with Crippen LogP contribution in [0.3, 0.4) is 0 Å². The van der Waals surface area contributed by atoms with Gasteiger partial charge >= 0.3 is 5.97 Å². The van der Waals surface area contributed by atoms with Gasteiger partial charge < -0.3 is 57.2 Å². The molecule has 0 atom stereocenters. The molecule has 0 aromatic rings. The molecule has 0 heterocycles. The molecule has 0 saturated heterocycles. The number of rotatable bonds is 47. The first-order chi connectivity index (χ1) is 25.3. The molecule has 0 spiro atoms. The second-order valence-corrected chi connectivity index (χ2v) is 12.2. The highest BCUT2D eigenvalue weighted by Gasteiger charge is 1.99. The fraction of sp³-hybridized carbons (Fsp3) is 0.974. The van der Waals surface area contributed by atoms with E-state index in [2.05, 4.69) is 6.92 Å². The molecule has 0 aromatic carbocycles. The number of carbonyl (C=O) groups is 1. The molecule has 0 aliphatic carbocycles. The molecule has 0 amide bonds. The Labute approximate surface area is 309 Å². The molecule has 0 unspecified atom stereocenters. The smallest absolute Gasteiger partial charge is 0.329 e. The van der Waals surface area contributed by atoms with Gasteiger partial charge in [-0.2, -0.15) is 0 Å². The van der Waals surface area contributed by atoms with Crippen molar-refractivity contribution < 1.29 is 62.0 Å². The van der Waals surface area contributed by atoms with Gasteiger partial charge in [0.15, 0.2) is 0 Å². The zero-order chi connectivity index (χ0) is 36.8. The van der Waals surface area contributed by atoms with Crippen LogP contribution in [0.2, 0.25) is 0 Å². The lowest BCUT2D eigenvalue weighted by molar-refractivity contribution is -0.142. The maximum Gasteiger partial charge on any atom is 0.329 e. The third-order valence-corrected chi connectivity index (χ3v) is 7.59. The van der Waals surface area contributed by atoms with Crippen LogP contribution in [0.4, 0.5) is 0 Å². The highest BCUT2D eigenvalue weighted by molar-refractivity contribution is 5.67. The van der Waals surface area contributed by atoms with E-state index in [1.807, 2.05) is 0 Å². The van der Waals surface area contributed by atoms with E-state index in [1.165, 1.54) is 83.5 Å². The first kappa shape index (κ1) is 50.0. The van der Waals surface area contributed by atoms with Crippen LogP contribution >= 0.6 is 0 Å². The van der Waals surface area contributed by atoms with Crippen LogP contribution in [0.1, 0.15) is 96.8 Å². The van der Waals surface area contributed by atoms with E-state index in [0.717, 1.165) is 13.0 Å². The lowest BCUT2D eigenvalue weighted by Gasteiger charge is -2.09. The van der Waals surface area contributed by atoms with Crippen molar-refractivity contribution in [1.82, 2.24) is 0 Å². The largest absolute Gasteiger partial charge is 0.480 e. The minimum Gasteiger partial charge on any atom is -0.480 e. The Morgan fingerprint density at radius 1 is 0.294 bits per heavy atom. The molecule has 0 fully saturated rings. The molecular formula is C38H76O13. The predicted octanol–water partition coefficient (Wildman–Crippen LogP) is 5.73. The topological polar surface area (TPSA) is 139 Å². The molecule has 1 N–H and O–H groups in total. The first-order valence-electron chi connectivity index (χ1n) is 19.8. The molecule has 51 heavy (non-hydrogen) atoms. The summed E-state index contributed by atoms with van der Waals surface area (Å²) in [4.78, 5) is 10.3. The molecule has 0 rings (SSSR count). The van der Waals surface area contributed by atoms with Crippen LogP contribution in [-0.2, 0) is 56.9 Å². The van der Waals surface area contributed by atoms with Crippen molar-refractivity contribution in [3.63, 3.8) is 0 Å². The van der Waals surface area contributed by atoms with Gasteiger partial charge in [0.05, 0.1) is 132 Å². The van der Waals surface area contributed by atoms with Gasteiger partial charge in [0.25, 0.3) is 0 Å². The molecule has 0 aliphatic heterocycles. The van der Waals surface area contributed by atoms with Crippen LogP contribution < -0.4 is 0 Å². The summed E-state index contributed by atoms with van der Waals surface area (Å²) in [6.45, 7) is 12.6. The van der Waals surface area contributed by atoms with Crippen LogP contribution in [0.15, 0.2) is 0 Å². The number of ether oxygens (including phenoxy) is 11. The fourth-order valence-corrected chi connectivity index (χ4v) is 4.76. The standard InChI is InChI=1S/C38H76O13/c1-2-3-4-5-6-7-8-9-10-11-12-13-14-15-16-41-17-18-42-19-20-43-21-22-44-23-24-45-25-26-46-27-28-47-29-30-48-31-32-49-33-34-50-35-36-51-37-38(39)40/h2-37H2,1H3,(H,39,40). The van der Waals surface area contributed by atoms with Gasteiger partial charge in [0.2, 0.25) is 0 Å². The lowest BCUT2D eigenvalue weighted by Crippen LogP contribution is -2.15. The monoisotopic (exact) mass is 741 g/mol. The Morgan fingerprint density at radius 2 is 0.490 bits per heavy atom. The van der Waals surface area contributed by atoms with E-state index < -0.39 is 5.97 Å². The Hall–Kier alpha value is -0.970. The second-order valence-electron chi connectivity index (χ2n) is 12.2. The van der Waals surface area contributed by atoms with Crippen molar-refractivity contribution >= 4 is 5.97 Å². The minimum absolute atomic E-state index is 0.245. The normalized spacial score (nSPS) is 11.5. The van der Waals surface area contributed by atoms with Gasteiger partial charge in [-0.3, -0.25) is 0 Å². The average Bonchev–Trinajstić information content (AvgIpc) is 3.13. The summed E-state index contributed by atoms with van der Waals surface area (Å²) < 4.78 is 59.6. The van der Waals surface area contributed by atoms with E-state index in [1.54, 1.807) is 0 Å². The Morgan fingerprint density at radius 3 is 0.725 bits per heavy atom. The third kappa shape index (κ3) is 49.0. The number of hydrogen-bond acceptors (Lipinski definition) is 12. The maximum atomic E-state index is 10.3. The number of carboxylic acids is 1. The van der Waals surface area contributed by atoms with E-state index >= 15 is 0 Å². The van der Waals surface area contributed by atoms with E-state index in [9.17, 15) is 4.79 Å². The van der Waals surface area contributed by atoms with Crippen molar-refractivity contribution in [2.45, 2.75) is 96.8 Å². The number of unbranched alkanes of at least 4 members (excludes halogenated alkanes) is 13. The number of hydrogen-bond donors (Lipinski definition) is 1. The van der Waals surface area contributed by atoms with Gasteiger partial charge in [-0.25, -0.2) is 4.79 Å². The van der Waals surface area contributed by atoms with Crippen molar-refractivity contribution in [2.24, 2.45) is 0 Å². The summed E-state index contributed by atoms with van der Waals surface area (Å²) in [6, 6.07) is 0. The predicted molar refractivity (Wildman–Crippen MR) is 197 cm³/mol. The Balaban J connectivity index is 3.05. The minimum atomic E-state index is -0.992. The third-order valence-electron chi connectivity index (χ3n) is 7.59. The first-order valence-corrected chi connectivity index (χ1v) is 19.8. The molecule has 0 radical (unpaired) electrons. The maximum absolute atomic E-state index is 10.3. The van der Waals surface area contributed by atoms with Crippen LogP contribution in [0.5, 0.6) is 0 Å². The second kappa shape index (κ2) is 47.1. The quantitative estimate of drug-likeness (QED) is 0.0761. The zero-order valence-electron chi connectivity index (χ0n) is 32.3. The van der Waals surface area contributed by atoms with Gasteiger partial charge in [-0.15, -0.1) is 0 Å². The summed E-state index contributed by atoms with van der Waals surface area (Å²) in [5.74, 6) is -0.992. The van der Waals surface area contributed by atoms with E-state index in [4.69, 9.17) is 57.2 Å². The number of aliphatic carboxylic acids is 1. The highest BCUT2D eigenvalue weighted by atomic mass is 16.6. The van der Waals surface area contributed by atoms with Gasteiger partial charge in [-0.1, -0.05) is 90.4 Å². The van der Waals surface area contributed by atoms with Crippen LogP contribution in [-0.4, -0.2) is 156 Å². The molecule has 0 aromatic heterocycles. The highest BCUT2D eigenvalue weighted by Crippen LogP contribution is 2.13. The molecule has 0 saturated carbocycles. The summed E-state index contributed by atoms with van der Waals surface area (Å²) in [5, 5.41) is 8.44. The zero-order valence-corrected chi connectivity index (χ0v) is 32.3. The summed E-state index contributed by atoms with van der Waals surface area (Å²) in [7, 11) is 0. The average molecular weight is 741 g/mol. The Kier molecular flexibility index (Phi) is 46.2. The molecule has 0 aliphatic rings. The molecule has 13 nitrogen and oxygen atoms in total. The summed E-state index contributed by atoms with van der Waals surface area (Å²) in [6.07, 6.45) is 19.2. The molecule has 0 bridgehead atoms. The molecular weight excluding hydrogens is 664 g/mol. The van der Waals surface area contributed by atoms with E-state index in [0.29, 0.717) is 126 Å². The number of carboxylic acid groups (broad SMARTS) is 1. The molecule has 13 heteroatoms. The van der Waals surface area contributed by atoms with E-state index in [-0.39, 0.29) is 13.2 Å². The van der Waals surface area contributed by atoms with Crippen molar-refractivity contribution in [2.75, 3.05) is 145 Å². The van der Waals surface area contributed by atoms with Crippen molar-refractivity contribution in [3.05, 3.63) is 0 Å².